The summed E-state index contributed by atoms with van der Waals surface area (Å²) >= 11 is 0. The minimum Gasteiger partial charge on any atom is -0.497 e. The summed E-state index contributed by atoms with van der Waals surface area (Å²) in [6.45, 7) is 0.760. The van der Waals surface area contributed by atoms with Crippen molar-refractivity contribution in [2.24, 2.45) is 0 Å². The van der Waals surface area contributed by atoms with Crippen LogP contribution in [0, 0.1) is 0 Å². The number of hydrogen-bond acceptors (Lipinski definition) is 3. The highest BCUT2D eigenvalue weighted by molar-refractivity contribution is 5.70. The lowest BCUT2D eigenvalue weighted by atomic mass is 10.1. The SMILES string of the molecule is COc1ccnc(-c2cccc3c2OCC3)c1. The molecular formula is C14H13NO2. The third-order valence-electron chi connectivity index (χ3n) is 2.96. The number of hydrogen-bond donors (Lipinski definition) is 0. The summed E-state index contributed by atoms with van der Waals surface area (Å²) in [5.41, 5.74) is 3.19. The van der Waals surface area contributed by atoms with E-state index in [2.05, 4.69) is 11.1 Å². The number of fused-ring (bicyclic) bond motifs is 1. The van der Waals surface area contributed by atoms with Gasteiger partial charge in [-0.25, -0.2) is 0 Å². The van der Waals surface area contributed by atoms with Crippen LogP contribution in [0.1, 0.15) is 5.56 Å². The van der Waals surface area contributed by atoms with Crippen LogP contribution >= 0.6 is 0 Å². The zero-order chi connectivity index (χ0) is 11.7. The zero-order valence-electron chi connectivity index (χ0n) is 9.64. The first-order valence-electron chi connectivity index (χ1n) is 5.63. The van der Waals surface area contributed by atoms with Crippen molar-refractivity contribution in [2.75, 3.05) is 13.7 Å². The van der Waals surface area contributed by atoms with Crippen molar-refractivity contribution in [3.63, 3.8) is 0 Å². The van der Waals surface area contributed by atoms with Gasteiger partial charge in [0, 0.05) is 24.2 Å². The van der Waals surface area contributed by atoms with Crippen molar-refractivity contribution in [1.29, 1.82) is 0 Å². The van der Waals surface area contributed by atoms with E-state index in [4.69, 9.17) is 9.47 Å². The van der Waals surface area contributed by atoms with Crippen LogP contribution in [0.15, 0.2) is 36.5 Å². The average molecular weight is 227 g/mol. The molecule has 0 radical (unpaired) electrons. The van der Waals surface area contributed by atoms with E-state index in [1.165, 1.54) is 5.56 Å². The Kier molecular flexibility index (Phi) is 2.44. The molecule has 1 aliphatic rings. The first-order chi connectivity index (χ1) is 8.38. The molecule has 0 atom stereocenters. The van der Waals surface area contributed by atoms with E-state index in [0.717, 1.165) is 35.8 Å². The molecule has 0 saturated carbocycles. The van der Waals surface area contributed by atoms with Gasteiger partial charge in [0.2, 0.25) is 0 Å². The summed E-state index contributed by atoms with van der Waals surface area (Å²) in [6.07, 6.45) is 2.73. The van der Waals surface area contributed by atoms with E-state index >= 15 is 0 Å². The van der Waals surface area contributed by atoms with Crippen molar-refractivity contribution >= 4 is 0 Å². The first kappa shape index (κ1) is 10.1. The van der Waals surface area contributed by atoms with Crippen LogP contribution in [0.2, 0.25) is 0 Å². The molecule has 0 amide bonds. The van der Waals surface area contributed by atoms with E-state index in [9.17, 15) is 0 Å². The summed E-state index contributed by atoms with van der Waals surface area (Å²) < 4.78 is 10.9. The Labute approximate surface area is 100 Å². The molecule has 17 heavy (non-hydrogen) atoms. The second-order valence-corrected chi connectivity index (χ2v) is 3.97. The molecule has 0 unspecified atom stereocenters. The molecule has 86 valence electrons. The first-order valence-corrected chi connectivity index (χ1v) is 5.63. The Bertz CT molecular complexity index is 552. The summed E-state index contributed by atoms with van der Waals surface area (Å²) in [7, 11) is 1.66. The minimum atomic E-state index is 0.760. The number of methoxy groups -OCH3 is 1. The van der Waals surface area contributed by atoms with Crippen molar-refractivity contribution in [3.8, 4) is 22.8 Å². The van der Waals surface area contributed by atoms with Gasteiger partial charge in [0.1, 0.15) is 11.5 Å². The second-order valence-electron chi connectivity index (χ2n) is 3.97. The fraction of sp³-hybridized carbons (Fsp3) is 0.214. The van der Waals surface area contributed by atoms with Gasteiger partial charge in [-0.15, -0.1) is 0 Å². The number of nitrogens with zero attached hydrogens (tertiary/aromatic N) is 1. The third kappa shape index (κ3) is 1.73. The third-order valence-corrected chi connectivity index (χ3v) is 2.96. The van der Waals surface area contributed by atoms with E-state index in [0.29, 0.717) is 0 Å². The van der Waals surface area contributed by atoms with Crippen LogP contribution in [-0.2, 0) is 6.42 Å². The Balaban J connectivity index is 2.12. The smallest absolute Gasteiger partial charge is 0.132 e. The fourth-order valence-electron chi connectivity index (χ4n) is 2.10. The van der Waals surface area contributed by atoms with E-state index < -0.39 is 0 Å². The standard InChI is InChI=1S/C14H13NO2/c1-16-11-5-7-15-13(9-11)12-4-2-3-10-6-8-17-14(10)12/h2-5,7,9H,6,8H2,1H3. The number of ether oxygens (including phenoxy) is 2. The molecule has 3 rings (SSSR count). The maximum atomic E-state index is 5.68. The molecule has 0 aliphatic carbocycles. The topological polar surface area (TPSA) is 31.4 Å². The molecule has 1 aromatic carbocycles. The van der Waals surface area contributed by atoms with Gasteiger partial charge < -0.3 is 9.47 Å². The fourth-order valence-corrected chi connectivity index (χ4v) is 2.10. The lowest BCUT2D eigenvalue weighted by Crippen LogP contribution is -1.91. The molecule has 1 aromatic heterocycles. The average Bonchev–Trinajstić information content (AvgIpc) is 2.87. The monoisotopic (exact) mass is 227 g/mol. The molecule has 3 heteroatoms. The van der Waals surface area contributed by atoms with Crippen molar-refractivity contribution in [1.82, 2.24) is 4.98 Å². The lowest BCUT2D eigenvalue weighted by molar-refractivity contribution is 0.358. The van der Waals surface area contributed by atoms with Gasteiger partial charge in [0.15, 0.2) is 0 Å². The maximum Gasteiger partial charge on any atom is 0.132 e. The zero-order valence-corrected chi connectivity index (χ0v) is 9.64. The van der Waals surface area contributed by atoms with Gasteiger partial charge in [-0.1, -0.05) is 12.1 Å². The molecule has 2 aromatic rings. The summed E-state index contributed by atoms with van der Waals surface area (Å²) in [5, 5.41) is 0. The van der Waals surface area contributed by atoms with Gasteiger partial charge in [-0.3, -0.25) is 4.98 Å². The van der Waals surface area contributed by atoms with E-state index in [-0.39, 0.29) is 0 Å². The van der Waals surface area contributed by atoms with E-state index in [1.807, 2.05) is 24.3 Å². The molecule has 0 bridgehead atoms. The molecule has 1 aliphatic heterocycles. The number of para-hydroxylation sites is 1. The largest absolute Gasteiger partial charge is 0.497 e. The van der Waals surface area contributed by atoms with Gasteiger partial charge in [0.05, 0.1) is 19.4 Å². The van der Waals surface area contributed by atoms with Gasteiger partial charge in [-0.05, 0) is 17.7 Å². The van der Waals surface area contributed by atoms with Crippen molar-refractivity contribution < 1.29 is 9.47 Å². The summed E-state index contributed by atoms with van der Waals surface area (Å²) in [6, 6.07) is 9.95. The Morgan fingerprint density at radius 1 is 1.29 bits per heavy atom. The highest BCUT2D eigenvalue weighted by Crippen LogP contribution is 2.36. The van der Waals surface area contributed by atoms with Crippen molar-refractivity contribution in [3.05, 3.63) is 42.1 Å². The number of aromatic nitrogens is 1. The summed E-state index contributed by atoms with van der Waals surface area (Å²) in [5.74, 6) is 1.78. The van der Waals surface area contributed by atoms with Gasteiger partial charge >= 0.3 is 0 Å². The van der Waals surface area contributed by atoms with Crippen LogP contribution < -0.4 is 9.47 Å². The minimum absolute atomic E-state index is 0.760. The van der Waals surface area contributed by atoms with Crippen LogP contribution in [0.5, 0.6) is 11.5 Å². The van der Waals surface area contributed by atoms with Crippen LogP contribution in [0.4, 0.5) is 0 Å². The summed E-state index contributed by atoms with van der Waals surface area (Å²) in [4.78, 5) is 4.38. The molecule has 0 fully saturated rings. The number of benzene rings is 1. The van der Waals surface area contributed by atoms with Gasteiger partial charge in [-0.2, -0.15) is 0 Å². The van der Waals surface area contributed by atoms with Crippen LogP contribution in [-0.4, -0.2) is 18.7 Å². The Morgan fingerprint density at radius 2 is 2.24 bits per heavy atom. The molecule has 0 N–H and O–H groups in total. The van der Waals surface area contributed by atoms with Gasteiger partial charge in [0.25, 0.3) is 0 Å². The van der Waals surface area contributed by atoms with E-state index in [1.54, 1.807) is 13.3 Å². The number of pyridine rings is 1. The van der Waals surface area contributed by atoms with Crippen molar-refractivity contribution in [2.45, 2.75) is 6.42 Å². The molecule has 2 heterocycles. The highest BCUT2D eigenvalue weighted by atomic mass is 16.5. The highest BCUT2D eigenvalue weighted by Gasteiger charge is 2.17. The number of rotatable bonds is 2. The lowest BCUT2D eigenvalue weighted by Gasteiger charge is -2.08. The second kappa shape index (κ2) is 4.09. The van der Waals surface area contributed by atoms with Crippen LogP contribution in [0.3, 0.4) is 0 Å². The Hall–Kier alpha value is -2.03. The quantitative estimate of drug-likeness (QED) is 0.790. The normalized spacial score (nSPS) is 13.0. The maximum absolute atomic E-state index is 5.68. The predicted molar refractivity (Wildman–Crippen MR) is 65.4 cm³/mol. The molecule has 0 saturated heterocycles. The predicted octanol–water partition coefficient (Wildman–Crippen LogP) is 2.69. The molecule has 0 spiro atoms. The molecular weight excluding hydrogens is 214 g/mol. The molecule has 3 nitrogen and oxygen atoms in total. The Morgan fingerprint density at radius 3 is 3.12 bits per heavy atom. The van der Waals surface area contributed by atoms with Crippen LogP contribution in [0.25, 0.3) is 11.3 Å².